The van der Waals surface area contributed by atoms with Crippen molar-refractivity contribution in [2.75, 3.05) is 11.9 Å². The van der Waals surface area contributed by atoms with Gasteiger partial charge in [0.1, 0.15) is 18.4 Å². The maximum absolute atomic E-state index is 8.76. The lowest BCUT2D eigenvalue weighted by molar-refractivity contribution is 0.302. The number of ether oxygens (including phenoxy) is 1. The van der Waals surface area contributed by atoms with Crippen molar-refractivity contribution in [2.24, 2.45) is 0 Å². The van der Waals surface area contributed by atoms with E-state index in [2.05, 4.69) is 17.5 Å². The smallest absolute Gasteiger partial charge is 0.149 e. The Bertz CT molecular complexity index is 406. The molecule has 0 saturated carbocycles. The zero-order valence-corrected chi connectivity index (χ0v) is 8.29. The van der Waals surface area contributed by atoms with Crippen LogP contribution in [0, 0.1) is 25.2 Å². The second kappa shape index (κ2) is 3.22. The molecule has 0 amide bonds. The van der Waals surface area contributed by atoms with Crippen molar-refractivity contribution in [2.45, 2.75) is 19.9 Å². The summed E-state index contributed by atoms with van der Waals surface area (Å²) in [7, 11) is 0. The molecular weight excluding hydrogens is 176 g/mol. The normalized spacial score (nSPS) is 18.8. The molecule has 1 unspecified atom stereocenters. The van der Waals surface area contributed by atoms with Crippen LogP contribution < -0.4 is 10.1 Å². The van der Waals surface area contributed by atoms with Crippen molar-refractivity contribution in [1.82, 2.24) is 0 Å². The van der Waals surface area contributed by atoms with Crippen molar-refractivity contribution in [3.8, 4) is 11.8 Å². The molecule has 1 aliphatic heterocycles. The standard InChI is InChI=1S/C11H12N2O/c1-7-3-8(2)11-10(4-7)13-9(5-12)6-14-11/h3-4,9,13H,6H2,1-2H3. The molecule has 0 saturated heterocycles. The van der Waals surface area contributed by atoms with Crippen LogP contribution in [0.25, 0.3) is 0 Å². The average molecular weight is 188 g/mol. The Hall–Kier alpha value is -1.69. The zero-order chi connectivity index (χ0) is 10.1. The number of anilines is 1. The first-order valence-electron chi connectivity index (χ1n) is 4.61. The molecule has 0 spiro atoms. The van der Waals surface area contributed by atoms with Gasteiger partial charge in [0, 0.05) is 0 Å². The van der Waals surface area contributed by atoms with E-state index < -0.39 is 0 Å². The van der Waals surface area contributed by atoms with Crippen molar-refractivity contribution >= 4 is 5.69 Å². The SMILES string of the molecule is Cc1cc(C)c2c(c1)NC(C#N)CO2. The van der Waals surface area contributed by atoms with Gasteiger partial charge in [-0.15, -0.1) is 0 Å². The summed E-state index contributed by atoms with van der Waals surface area (Å²) in [5.74, 6) is 0.877. The Balaban J connectivity index is 2.43. The molecule has 0 aliphatic carbocycles. The zero-order valence-electron chi connectivity index (χ0n) is 8.29. The van der Waals surface area contributed by atoms with Gasteiger partial charge >= 0.3 is 0 Å². The number of nitriles is 1. The van der Waals surface area contributed by atoms with Gasteiger partial charge in [0.2, 0.25) is 0 Å². The molecule has 72 valence electrons. The van der Waals surface area contributed by atoms with E-state index in [0.29, 0.717) is 6.61 Å². The highest BCUT2D eigenvalue weighted by Crippen LogP contribution is 2.33. The molecule has 0 radical (unpaired) electrons. The van der Waals surface area contributed by atoms with Crippen LogP contribution in [-0.2, 0) is 0 Å². The average Bonchev–Trinajstić information content (AvgIpc) is 2.16. The van der Waals surface area contributed by atoms with Gasteiger partial charge in [-0.05, 0) is 31.0 Å². The van der Waals surface area contributed by atoms with Crippen molar-refractivity contribution in [3.63, 3.8) is 0 Å². The van der Waals surface area contributed by atoms with Crippen LogP contribution in [0.2, 0.25) is 0 Å². The fraction of sp³-hybridized carbons (Fsp3) is 0.364. The number of rotatable bonds is 0. The first-order chi connectivity index (χ1) is 6.70. The third-order valence-electron chi connectivity index (χ3n) is 2.30. The number of hydrogen-bond acceptors (Lipinski definition) is 3. The highest BCUT2D eigenvalue weighted by atomic mass is 16.5. The third-order valence-corrected chi connectivity index (χ3v) is 2.30. The first kappa shape index (κ1) is 8.89. The van der Waals surface area contributed by atoms with Gasteiger partial charge in [0.25, 0.3) is 0 Å². The lowest BCUT2D eigenvalue weighted by atomic mass is 10.1. The van der Waals surface area contributed by atoms with E-state index in [9.17, 15) is 0 Å². The summed E-state index contributed by atoms with van der Waals surface area (Å²) in [5.41, 5.74) is 3.22. The molecular formula is C11H12N2O. The summed E-state index contributed by atoms with van der Waals surface area (Å²) in [6.07, 6.45) is 0. The van der Waals surface area contributed by atoms with E-state index in [0.717, 1.165) is 17.0 Å². The molecule has 1 aromatic rings. The van der Waals surface area contributed by atoms with Crippen molar-refractivity contribution < 1.29 is 4.74 Å². The number of aryl methyl sites for hydroxylation is 2. The summed E-state index contributed by atoms with van der Waals surface area (Å²) < 4.78 is 5.53. The molecule has 1 atom stereocenters. The Kier molecular flexibility index (Phi) is 2.05. The first-order valence-corrected chi connectivity index (χ1v) is 4.61. The van der Waals surface area contributed by atoms with Gasteiger partial charge in [-0.3, -0.25) is 0 Å². The minimum atomic E-state index is -0.233. The molecule has 2 rings (SSSR count). The van der Waals surface area contributed by atoms with Gasteiger partial charge in [0.15, 0.2) is 0 Å². The quantitative estimate of drug-likeness (QED) is 0.677. The molecule has 0 bridgehead atoms. The third kappa shape index (κ3) is 1.39. The predicted molar refractivity (Wildman–Crippen MR) is 54.4 cm³/mol. The van der Waals surface area contributed by atoms with Crippen LogP contribution in [0.3, 0.4) is 0 Å². The fourth-order valence-corrected chi connectivity index (χ4v) is 1.72. The molecule has 0 aromatic heterocycles. The van der Waals surface area contributed by atoms with Crippen LogP contribution in [0.15, 0.2) is 12.1 Å². The number of nitrogens with one attached hydrogen (secondary N) is 1. The Labute approximate surface area is 83.3 Å². The Morgan fingerprint density at radius 1 is 1.50 bits per heavy atom. The molecule has 1 N–H and O–H groups in total. The molecule has 3 nitrogen and oxygen atoms in total. The second-order valence-electron chi connectivity index (χ2n) is 3.60. The number of benzene rings is 1. The van der Waals surface area contributed by atoms with E-state index in [1.54, 1.807) is 0 Å². The molecule has 0 fully saturated rings. The monoisotopic (exact) mass is 188 g/mol. The van der Waals surface area contributed by atoms with Gasteiger partial charge in [0.05, 0.1) is 11.8 Å². The van der Waals surface area contributed by atoms with E-state index in [1.165, 1.54) is 5.56 Å². The van der Waals surface area contributed by atoms with Crippen LogP contribution >= 0.6 is 0 Å². The summed E-state index contributed by atoms with van der Waals surface area (Å²) in [6, 6.07) is 6.00. The molecule has 3 heteroatoms. The topological polar surface area (TPSA) is 45.0 Å². The van der Waals surface area contributed by atoms with E-state index >= 15 is 0 Å². The number of fused-ring (bicyclic) bond motifs is 1. The maximum Gasteiger partial charge on any atom is 0.149 e. The van der Waals surface area contributed by atoms with Crippen LogP contribution in [0.5, 0.6) is 5.75 Å². The van der Waals surface area contributed by atoms with Crippen LogP contribution in [0.4, 0.5) is 5.69 Å². The van der Waals surface area contributed by atoms with Crippen molar-refractivity contribution in [3.05, 3.63) is 23.3 Å². The second-order valence-corrected chi connectivity index (χ2v) is 3.60. The maximum atomic E-state index is 8.76. The summed E-state index contributed by atoms with van der Waals surface area (Å²) in [5, 5.41) is 11.9. The lowest BCUT2D eigenvalue weighted by Gasteiger charge is -2.24. The minimum Gasteiger partial charge on any atom is -0.488 e. The van der Waals surface area contributed by atoms with E-state index in [4.69, 9.17) is 10.00 Å². The Morgan fingerprint density at radius 2 is 2.29 bits per heavy atom. The predicted octanol–water partition coefficient (Wildman–Crippen LogP) is 2.00. The highest BCUT2D eigenvalue weighted by molar-refractivity contribution is 5.64. The van der Waals surface area contributed by atoms with Gasteiger partial charge in [-0.1, -0.05) is 6.07 Å². The molecule has 1 heterocycles. The minimum absolute atomic E-state index is 0.233. The fourth-order valence-electron chi connectivity index (χ4n) is 1.72. The van der Waals surface area contributed by atoms with Gasteiger partial charge in [-0.2, -0.15) is 5.26 Å². The largest absolute Gasteiger partial charge is 0.488 e. The van der Waals surface area contributed by atoms with E-state index in [1.807, 2.05) is 19.9 Å². The van der Waals surface area contributed by atoms with Crippen LogP contribution in [-0.4, -0.2) is 12.6 Å². The van der Waals surface area contributed by atoms with E-state index in [-0.39, 0.29) is 6.04 Å². The Morgan fingerprint density at radius 3 is 3.00 bits per heavy atom. The molecule has 1 aromatic carbocycles. The van der Waals surface area contributed by atoms with Crippen molar-refractivity contribution in [1.29, 1.82) is 5.26 Å². The van der Waals surface area contributed by atoms with Gasteiger partial charge < -0.3 is 10.1 Å². The molecule has 14 heavy (non-hydrogen) atoms. The summed E-state index contributed by atoms with van der Waals surface area (Å²) in [6.45, 7) is 4.47. The van der Waals surface area contributed by atoms with Gasteiger partial charge in [-0.25, -0.2) is 0 Å². The lowest BCUT2D eigenvalue weighted by Crippen LogP contribution is -2.30. The summed E-state index contributed by atoms with van der Waals surface area (Å²) >= 11 is 0. The number of hydrogen-bond donors (Lipinski definition) is 1. The summed E-state index contributed by atoms with van der Waals surface area (Å²) in [4.78, 5) is 0. The number of nitrogens with zero attached hydrogens (tertiary/aromatic N) is 1. The van der Waals surface area contributed by atoms with Crippen LogP contribution in [0.1, 0.15) is 11.1 Å². The highest BCUT2D eigenvalue weighted by Gasteiger charge is 2.19. The molecule has 1 aliphatic rings.